The molecule has 3 aliphatic rings. The molecule has 5 aromatic rings. The molecule has 0 N–H and O–H groups in total. The summed E-state index contributed by atoms with van der Waals surface area (Å²) in [6.45, 7) is 13.7. The zero-order chi connectivity index (χ0) is 33.3. The van der Waals surface area contributed by atoms with Gasteiger partial charge in [0.15, 0.2) is 0 Å². The van der Waals surface area contributed by atoms with E-state index in [1.165, 1.54) is 66.8 Å². The molecule has 0 saturated carbocycles. The zero-order valence-electron chi connectivity index (χ0n) is 28.8. The van der Waals surface area contributed by atoms with Gasteiger partial charge in [-0.25, -0.2) is 17.7 Å². The molecule has 5 heteroatoms. The van der Waals surface area contributed by atoms with Crippen molar-refractivity contribution < 1.29 is 22.3 Å². The van der Waals surface area contributed by atoms with Gasteiger partial charge in [0.25, 0.3) is 0 Å². The Labute approximate surface area is 326 Å². The van der Waals surface area contributed by atoms with Crippen molar-refractivity contribution in [1.29, 1.82) is 0 Å². The standard InChI is InChI=1S/C25H25.2C7H5Cl.C5H5.2ClH.Zr/c1-14-12-24(3,4)22-8-16-7-17-9-23-19(15(2)13-25(23,5)6)11-21(17)20(16)10-18(14)22;2*1-6-2-4-7(8)5-3-6;1-2-4-5-3-1;;;/h8-12H,7H2,1-6H3;2*1-5H;1-5H;2*1H;/q-1;;;-1;;;. The van der Waals surface area contributed by atoms with E-state index in [1.54, 1.807) is 0 Å². The van der Waals surface area contributed by atoms with Crippen LogP contribution in [0.2, 0.25) is 10.0 Å². The fourth-order valence-electron chi connectivity index (χ4n) is 6.95. The van der Waals surface area contributed by atoms with E-state index < -0.39 is 22.3 Å². The molecule has 3 aliphatic carbocycles. The van der Waals surface area contributed by atoms with Crippen LogP contribution in [0.15, 0.2) is 109 Å². The van der Waals surface area contributed by atoms with E-state index in [0.717, 1.165) is 16.5 Å². The van der Waals surface area contributed by atoms with Crippen LogP contribution in [0.1, 0.15) is 86.1 Å². The SMILES string of the molecule is CC1=[C-]C(C)(C)c2cc3c(cc21)-c1cc2c(cc1C3)C(C)(C)C=C2C.Cl.Cl.Clc1ccc([CH]=[Zr]=[CH]c2ccc(Cl)cc2)cc1.c1cc[cH-]c1. The largest absolute Gasteiger partial charge is 0.214 e. The number of halogens is 4. The Kier molecular flexibility index (Phi) is 13.0. The third-order valence-corrected chi connectivity index (χ3v) is 12.2. The number of hydrogen-bond acceptors (Lipinski definition) is 0. The van der Waals surface area contributed by atoms with E-state index in [1.807, 2.05) is 54.6 Å². The van der Waals surface area contributed by atoms with Crippen LogP contribution in [-0.4, -0.2) is 7.42 Å². The fourth-order valence-corrected chi connectivity index (χ4v) is 9.30. The number of benzene rings is 4. The van der Waals surface area contributed by atoms with E-state index in [9.17, 15) is 0 Å². The van der Waals surface area contributed by atoms with Crippen molar-refractivity contribution in [2.75, 3.05) is 0 Å². The number of rotatable bonds is 2. The maximum absolute atomic E-state index is 5.84. The van der Waals surface area contributed by atoms with Crippen LogP contribution < -0.4 is 0 Å². The third kappa shape index (κ3) is 8.87. The van der Waals surface area contributed by atoms with Gasteiger partial charge >= 0.3 is 123 Å². The van der Waals surface area contributed by atoms with Crippen molar-refractivity contribution in [3.63, 3.8) is 0 Å². The predicted molar refractivity (Wildman–Crippen MR) is 216 cm³/mol. The van der Waals surface area contributed by atoms with Gasteiger partial charge in [0, 0.05) is 5.41 Å². The molecule has 0 amide bonds. The van der Waals surface area contributed by atoms with Crippen molar-refractivity contribution in [3.8, 4) is 11.1 Å². The normalized spacial score (nSPS) is 14.6. The van der Waals surface area contributed by atoms with Crippen molar-refractivity contribution in [3.05, 3.63) is 170 Å². The van der Waals surface area contributed by atoms with Crippen LogP contribution in [-0.2, 0) is 39.5 Å². The quantitative estimate of drug-likeness (QED) is 0.153. The van der Waals surface area contributed by atoms with Gasteiger partial charge in [-0.1, -0.05) is 58.2 Å². The van der Waals surface area contributed by atoms with Crippen molar-refractivity contribution >= 4 is 66.6 Å². The topological polar surface area (TPSA) is 0 Å². The van der Waals surface area contributed by atoms with Crippen LogP contribution in [0.4, 0.5) is 0 Å². The molecule has 8 rings (SSSR count). The van der Waals surface area contributed by atoms with E-state index in [-0.39, 0.29) is 35.6 Å². The molecule has 0 bridgehead atoms. The monoisotopic (exact) mass is 800 g/mol. The molecular formula is C44H42Cl4Zr-2. The zero-order valence-corrected chi connectivity index (χ0v) is 34.4. The summed E-state index contributed by atoms with van der Waals surface area (Å²) in [6, 6.07) is 35.7. The van der Waals surface area contributed by atoms with Crippen molar-refractivity contribution in [2.24, 2.45) is 0 Å². The number of fused-ring (bicyclic) bond motifs is 5. The second kappa shape index (κ2) is 16.2. The Hall–Kier alpha value is -2.51. The van der Waals surface area contributed by atoms with Gasteiger partial charge in [0.1, 0.15) is 0 Å². The first-order valence-electron chi connectivity index (χ1n) is 16.2. The molecule has 0 saturated heterocycles. The van der Waals surface area contributed by atoms with Gasteiger partial charge in [-0.05, 0) is 58.4 Å². The van der Waals surface area contributed by atoms with E-state index in [4.69, 9.17) is 23.2 Å². The van der Waals surface area contributed by atoms with Crippen LogP contribution in [0.5, 0.6) is 0 Å². The summed E-state index contributed by atoms with van der Waals surface area (Å²) in [7, 11) is 0. The molecular weight excluding hydrogens is 762 g/mol. The maximum Gasteiger partial charge on any atom is -0.172 e. The molecule has 49 heavy (non-hydrogen) atoms. The van der Waals surface area contributed by atoms with E-state index in [2.05, 4.69) is 110 Å². The Bertz CT molecular complexity index is 1900. The smallest absolute Gasteiger partial charge is 0.172 e. The fraction of sp³-hybridized carbons (Fsp3) is 0.205. The number of hydrogen-bond donors (Lipinski definition) is 0. The molecule has 252 valence electrons. The van der Waals surface area contributed by atoms with Gasteiger partial charge in [0.2, 0.25) is 0 Å². The molecule has 5 aromatic carbocycles. The molecule has 0 radical (unpaired) electrons. The Morgan fingerprint density at radius 1 is 0.673 bits per heavy atom. The third-order valence-electron chi connectivity index (χ3n) is 9.23. The second-order valence-corrected chi connectivity index (χ2v) is 16.8. The van der Waals surface area contributed by atoms with Crippen LogP contribution in [0.3, 0.4) is 0 Å². The summed E-state index contributed by atoms with van der Waals surface area (Å²) in [6.07, 6.45) is 7.13. The Morgan fingerprint density at radius 2 is 1.16 bits per heavy atom. The van der Waals surface area contributed by atoms with Crippen molar-refractivity contribution in [1.82, 2.24) is 0 Å². The molecule has 0 spiro atoms. The predicted octanol–water partition coefficient (Wildman–Crippen LogP) is 12.8. The maximum atomic E-state index is 5.84. The van der Waals surface area contributed by atoms with E-state index >= 15 is 0 Å². The summed E-state index contributed by atoms with van der Waals surface area (Å²) in [5, 5.41) is 1.57. The summed E-state index contributed by atoms with van der Waals surface area (Å²) < 4.78 is 4.66. The van der Waals surface area contributed by atoms with Gasteiger partial charge in [-0.2, -0.15) is 23.8 Å². The molecule has 0 aliphatic heterocycles. The Balaban J connectivity index is 0.000000196. The van der Waals surface area contributed by atoms with Crippen LogP contribution in [0, 0.1) is 6.08 Å². The summed E-state index contributed by atoms with van der Waals surface area (Å²) in [4.78, 5) is 0. The summed E-state index contributed by atoms with van der Waals surface area (Å²) in [5.74, 6) is 0. The molecule has 0 nitrogen and oxygen atoms in total. The average Bonchev–Trinajstić information content (AvgIpc) is 3.81. The van der Waals surface area contributed by atoms with Crippen molar-refractivity contribution in [2.45, 2.75) is 58.8 Å². The summed E-state index contributed by atoms with van der Waals surface area (Å²) in [5.41, 5.74) is 17.1. The molecule has 0 aromatic heterocycles. The Morgan fingerprint density at radius 3 is 1.65 bits per heavy atom. The minimum atomic E-state index is -0.623. The first kappa shape index (κ1) is 39.3. The van der Waals surface area contributed by atoms with Gasteiger partial charge in [0.05, 0.1) is 0 Å². The van der Waals surface area contributed by atoms with Gasteiger partial charge in [-0.3, -0.25) is 6.08 Å². The first-order valence-corrected chi connectivity index (χ1v) is 19.8. The van der Waals surface area contributed by atoms with Crippen LogP contribution in [0.25, 0.3) is 22.3 Å². The molecule has 0 fully saturated rings. The van der Waals surface area contributed by atoms with Gasteiger partial charge < -0.3 is 0 Å². The molecule has 0 atom stereocenters. The van der Waals surface area contributed by atoms with E-state index in [0.29, 0.717) is 0 Å². The van der Waals surface area contributed by atoms with Crippen LogP contribution >= 0.6 is 48.0 Å². The van der Waals surface area contributed by atoms with Gasteiger partial charge in [-0.15, -0.1) is 36.4 Å². The minimum Gasteiger partial charge on any atom is -0.214 e. The first-order chi connectivity index (χ1) is 22.4. The average molecular weight is 804 g/mol. The minimum absolute atomic E-state index is 0. The number of allylic oxidation sites excluding steroid dienone is 4. The second-order valence-electron chi connectivity index (χ2n) is 13.7. The molecule has 0 unspecified atom stereocenters. The summed E-state index contributed by atoms with van der Waals surface area (Å²) >= 11 is 11.0. The molecule has 0 heterocycles.